The van der Waals surface area contributed by atoms with Gasteiger partial charge in [-0.2, -0.15) is 0 Å². The normalized spacial score (nSPS) is 12.5. The molecule has 0 fully saturated rings. The van der Waals surface area contributed by atoms with Crippen LogP contribution in [0, 0.1) is 6.92 Å². The van der Waals surface area contributed by atoms with Crippen molar-refractivity contribution in [1.82, 2.24) is 5.32 Å². The molecule has 0 saturated heterocycles. The standard InChI is InChI=1S/C20H21N/c1-14-12-13-16-8-4-5-10-18(16)20(14)19-11-7-6-9-17(19)15(2)21-3/h4-13,15,21H,1-3H3. The zero-order valence-corrected chi connectivity index (χ0v) is 12.9. The highest BCUT2D eigenvalue weighted by molar-refractivity contribution is 5.99. The van der Waals surface area contributed by atoms with Crippen LogP contribution in [0.4, 0.5) is 0 Å². The van der Waals surface area contributed by atoms with Crippen LogP contribution in [0.3, 0.4) is 0 Å². The maximum absolute atomic E-state index is 3.36. The Kier molecular flexibility index (Phi) is 3.76. The Morgan fingerprint density at radius 1 is 0.857 bits per heavy atom. The first kappa shape index (κ1) is 13.8. The summed E-state index contributed by atoms with van der Waals surface area (Å²) in [6.07, 6.45) is 0. The average Bonchev–Trinajstić information content (AvgIpc) is 2.54. The van der Waals surface area contributed by atoms with E-state index < -0.39 is 0 Å². The molecule has 1 N–H and O–H groups in total. The molecule has 0 amide bonds. The first-order valence-electron chi connectivity index (χ1n) is 7.47. The summed E-state index contributed by atoms with van der Waals surface area (Å²) in [5.41, 5.74) is 5.35. The van der Waals surface area contributed by atoms with Gasteiger partial charge < -0.3 is 5.32 Å². The highest BCUT2D eigenvalue weighted by Crippen LogP contribution is 2.35. The van der Waals surface area contributed by atoms with E-state index in [-0.39, 0.29) is 0 Å². The van der Waals surface area contributed by atoms with Gasteiger partial charge in [-0.25, -0.2) is 0 Å². The molecule has 0 aromatic heterocycles. The fourth-order valence-corrected chi connectivity index (χ4v) is 3.00. The molecule has 3 rings (SSSR count). The first-order valence-corrected chi connectivity index (χ1v) is 7.47. The number of aryl methyl sites for hydroxylation is 1. The molecule has 21 heavy (non-hydrogen) atoms. The lowest BCUT2D eigenvalue weighted by atomic mass is 9.89. The Hall–Kier alpha value is -2.12. The van der Waals surface area contributed by atoms with Gasteiger partial charge in [0.05, 0.1) is 0 Å². The zero-order chi connectivity index (χ0) is 14.8. The van der Waals surface area contributed by atoms with Crippen molar-refractivity contribution in [2.45, 2.75) is 19.9 Å². The van der Waals surface area contributed by atoms with Crippen LogP contribution in [0.1, 0.15) is 24.1 Å². The highest BCUT2D eigenvalue weighted by Gasteiger charge is 2.13. The van der Waals surface area contributed by atoms with Crippen LogP contribution in [0.2, 0.25) is 0 Å². The summed E-state index contributed by atoms with van der Waals surface area (Å²) in [7, 11) is 2.01. The van der Waals surface area contributed by atoms with Gasteiger partial charge in [-0.05, 0) is 53.9 Å². The first-order chi connectivity index (χ1) is 10.2. The molecular formula is C20H21N. The lowest BCUT2D eigenvalue weighted by molar-refractivity contribution is 0.654. The van der Waals surface area contributed by atoms with Gasteiger partial charge in [0.15, 0.2) is 0 Å². The second-order valence-electron chi connectivity index (χ2n) is 5.58. The molecule has 0 spiro atoms. The molecule has 0 aliphatic carbocycles. The molecule has 1 atom stereocenters. The monoisotopic (exact) mass is 275 g/mol. The SMILES string of the molecule is CNC(C)c1ccccc1-c1c(C)ccc2ccccc12. The average molecular weight is 275 g/mol. The summed E-state index contributed by atoms with van der Waals surface area (Å²) in [4.78, 5) is 0. The van der Waals surface area contributed by atoms with Gasteiger partial charge in [0.25, 0.3) is 0 Å². The molecule has 106 valence electrons. The molecule has 0 aliphatic rings. The Bertz CT molecular complexity index is 774. The smallest absolute Gasteiger partial charge is 0.0295 e. The fraction of sp³-hybridized carbons (Fsp3) is 0.200. The quantitative estimate of drug-likeness (QED) is 0.701. The van der Waals surface area contributed by atoms with E-state index >= 15 is 0 Å². The molecule has 1 nitrogen and oxygen atoms in total. The van der Waals surface area contributed by atoms with E-state index in [0.29, 0.717) is 6.04 Å². The molecule has 3 aromatic rings. The van der Waals surface area contributed by atoms with E-state index in [1.165, 1.54) is 33.0 Å². The lowest BCUT2D eigenvalue weighted by Gasteiger charge is -2.19. The van der Waals surface area contributed by atoms with E-state index in [4.69, 9.17) is 0 Å². The van der Waals surface area contributed by atoms with Crippen molar-refractivity contribution >= 4 is 10.8 Å². The van der Waals surface area contributed by atoms with Crippen LogP contribution in [0.5, 0.6) is 0 Å². The Balaban J connectivity index is 2.33. The van der Waals surface area contributed by atoms with Gasteiger partial charge in [-0.1, -0.05) is 60.7 Å². The number of fused-ring (bicyclic) bond motifs is 1. The topological polar surface area (TPSA) is 12.0 Å². The van der Waals surface area contributed by atoms with Crippen LogP contribution >= 0.6 is 0 Å². The number of benzene rings is 3. The minimum absolute atomic E-state index is 0.333. The van der Waals surface area contributed by atoms with Crippen molar-refractivity contribution in [3.63, 3.8) is 0 Å². The van der Waals surface area contributed by atoms with E-state index in [0.717, 1.165) is 0 Å². The van der Waals surface area contributed by atoms with Crippen molar-refractivity contribution in [2.24, 2.45) is 0 Å². The minimum Gasteiger partial charge on any atom is -0.313 e. The minimum atomic E-state index is 0.333. The van der Waals surface area contributed by atoms with Crippen LogP contribution in [0.15, 0.2) is 60.7 Å². The second-order valence-corrected chi connectivity index (χ2v) is 5.58. The van der Waals surface area contributed by atoms with E-state index in [9.17, 15) is 0 Å². The molecule has 0 saturated carbocycles. The summed E-state index contributed by atoms with van der Waals surface area (Å²) in [6.45, 7) is 4.40. The molecule has 0 aliphatic heterocycles. The van der Waals surface area contributed by atoms with Gasteiger partial charge in [0.1, 0.15) is 0 Å². The van der Waals surface area contributed by atoms with Crippen molar-refractivity contribution in [3.8, 4) is 11.1 Å². The third-order valence-electron chi connectivity index (χ3n) is 4.27. The fourth-order valence-electron chi connectivity index (χ4n) is 3.00. The van der Waals surface area contributed by atoms with Crippen LogP contribution in [-0.4, -0.2) is 7.05 Å². The number of hydrogen-bond acceptors (Lipinski definition) is 1. The molecular weight excluding hydrogens is 254 g/mol. The van der Waals surface area contributed by atoms with Crippen LogP contribution in [-0.2, 0) is 0 Å². The molecule has 0 heterocycles. The number of rotatable bonds is 3. The lowest BCUT2D eigenvalue weighted by Crippen LogP contribution is -2.13. The van der Waals surface area contributed by atoms with Crippen molar-refractivity contribution in [3.05, 3.63) is 71.8 Å². The highest BCUT2D eigenvalue weighted by atomic mass is 14.9. The van der Waals surface area contributed by atoms with Gasteiger partial charge >= 0.3 is 0 Å². The van der Waals surface area contributed by atoms with E-state index in [2.05, 4.69) is 79.8 Å². The van der Waals surface area contributed by atoms with E-state index in [1.807, 2.05) is 7.05 Å². The summed E-state index contributed by atoms with van der Waals surface area (Å²) >= 11 is 0. The summed E-state index contributed by atoms with van der Waals surface area (Å²) in [5.74, 6) is 0. The van der Waals surface area contributed by atoms with Crippen LogP contribution in [0.25, 0.3) is 21.9 Å². The number of nitrogens with one attached hydrogen (secondary N) is 1. The molecule has 1 unspecified atom stereocenters. The van der Waals surface area contributed by atoms with Gasteiger partial charge in [-0.3, -0.25) is 0 Å². The molecule has 1 heteroatoms. The van der Waals surface area contributed by atoms with Crippen molar-refractivity contribution in [1.29, 1.82) is 0 Å². The zero-order valence-electron chi connectivity index (χ0n) is 12.9. The largest absolute Gasteiger partial charge is 0.313 e. The van der Waals surface area contributed by atoms with Gasteiger partial charge in [0, 0.05) is 6.04 Å². The third kappa shape index (κ3) is 2.45. The van der Waals surface area contributed by atoms with Gasteiger partial charge in [0.2, 0.25) is 0 Å². The molecule has 3 aromatic carbocycles. The second kappa shape index (κ2) is 5.71. The number of hydrogen-bond donors (Lipinski definition) is 1. The molecule has 0 radical (unpaired) electrons. The maximum Gasteiger partial charge on any atom is 0.0295 e. The summed E-state index contributed by atoms with van der Waals surface area (Å²) in [5, 5.41) is 5.98. The Labute approximate surface area is 126 Å². The predicted molar refractivity (Wildman–Crippen MR) is 91.6 cm³/mol. The van der Waals surface area contributed by atoms with Crippen molar-refractivity contribution < 1.29 is 0 Å². The maximum atomic E-state index is 3.36. The van der Waals surface area contributed by atoms with Crippen LogP contribution < -0.4 is 5.32 Å². The van der Waals surface area contributed by atoms with E-state index in [1.54, 1.807) is 0 Å². The third-order valence-corrected chi connectivity index (χ3v) is 4.27. The summed E-state index contributed by atoms with van der Waals surface area (Å²) in [6, 6.07) is 22.1. The Morgan fingerprint density at radius 2 is 1.57 bits per heavy atom. The Morgan fingerprint density at radius 3 is 2.38 bits per heavy atom. The molecule has 0 bridgehead atoms. The summed E-state index contributed by atoms with van der Waals surface area (Å²) < 4.78 is 0. The van der Waals surface area contributed by atoms with Crippen molar-refractivity contribution in [2.75, 3.05) is 7.05 Å². The predicted octanol–water partition coefficient (Wildman–Crippen LogP) is 5.10. The van der Waals surface area contributed by atoms with Gasteiger partial charge in [-0.15, -0.1) is 0 Å².